The van der Waals surface area contributed by atoms with Crippen molar-refractivity contribution in [1.82, 2.24) is 15.1 Å². The van der Waals surface area contributed by atoms with Crippen LogP contribution >= 0.6 is 0 Å². The molecule has 0 aliphatic carbocycles. The molecule has 2 N–H and O–H groups in total. The molecule has 23 heavy (non-hydrogen) atoms. The summed E-state index contributed by atoms with van der Waals surface area (Å²) in [5.74, 6) is -0.0536. The van der Waals surface area contributed by atoms with E-state index >= 15 is 0 Å². The van der Waals surface area contributed by atoms with Crippen molar-refractivity contribution in [3.8, 4) is 0 Å². The summed E-state index contributed by atoms with van der Waals surface area (Å²) in [5, 5.41) is 10.8. The molecule has 1 amide bonds. The van der Waals surface area contributed by atoms with Gasteiger partial charge in [-0.25, -0.2) is 0 Å². The Kier molecular flexibility index (Phi) is 5.55. The van der Waals surface area contributed by atoms with Crippen molar-refractivity contribution in [3.05, 3.63) is 47.3 Å². The number of benzene rings is 1. The van der Waals surface area contributed by atoms with E-state index in [2.05, 4.69) is 48.1 Å². The molecule has 0 unspecified atom stereocenters. The van der Waals surface area contributed by atoms with Crippen LogP contribution in [0.5, 0.6) is 0 Å². The molecule has 1 atom stereocenters. The second-order valence-electron chi connectivity index (χ2n) is 6.20. The molecule has 0 saturated heterocycles. The molecule has 0 aliphatic rings. The van der Waals surface area contributed by atoms with Gasteiger partial charge in [-0.15, -0.1) is 0 Å². The van der Waals surface area contributed by atoms with Crippen LogP contribution in [0.3, 0.4) is 0 Å². The largest absolute Gasteiger partial charge is 0.326 e. The summed E-state index contributed by atoms with van der Waals surface area (Å²) in [6, 6.07) is 8.50. The van der Waals surface area contributed by atoms with E-state index in [9.17, 15) is 4.79 Å². The number of nitrogens with one attached hydrogen (secondary N) is 2. The Hall–Kier alpha value is -2.14. The summed E-state index contributed by atoms with van der Waals surface area (Å²) in [5.41, 5.74) is 4.44. The van der Waals surface area contributed by atoms with Gasteiger partial charge in [-0.05, 0) is 45.4 Å². The summed E-state index contributed by atoms with van der Waals surface area (Å²) >= 11 is 0. The average molecular weight is 314 g/mol. The normalized spacial score (nSPS) is 12.4. The lowest BCUT2D eigenvalue weighted by atomic mass is 10.1. The number of hydrogen-bond acceptors (Lipinski definition) is 3. The Morgan fingerprint density at radius 2 is 1.87 bits per heavy atom. The van der Waals surface area contributed by atoms with Crippen molar-refractivity contribution in [2.24, 2.45) is 0 Å². The Balaban J connectivity index is 1.96. The summed E-state index contributed by atoms with van der Waals surface area (Å²) in [4.78, 5) is 11.0. The summed E-state index contributed by atoms with van der Waals surface area (Å²) < 4.78 is 2.05. The predicted molar refractivity (Wildman–Crippen MR) is 93.3 cm³/mol. The monoisotopic (exact) mass is 314 g/mol. The summed E-state index contributed by atoms with van der Waals surface area (Å²) in [6.45, 7) is 10.8. The first-order valence-electron chi connectivity index (χ1n) is 8.02. The van der Waals surface area contributed by atoms with Crippen molar-refractivity contribution in [1.29, 1.82) is 0 Å². The molecule has 0 bridgehead atoms. The van der Waals surface area contributed by atoms with Gasteiger partial charge in [-0.1, -0.05) is 12.1 Å². The molecule has 124 valence electrons. The number of carbonyl (C=O) groups is 1. The number of hydrogen-bond donors (Lipinski definition) is 2. The molecule has 1 heterocycles. The highest BCUT2D eigenvalue weighted by Gasteiger charge is 2.14. The van der Waals surface area contributed by atoms with Gasteiger partial charge >= 0.3 is 0 Å². The number of amides is 1. The molecule has 1 aromatic carbocycles. The first-order chi connectivity index (χ1) is 10.9. The first-order valence-corrected chi connectivity index (χ1v) is 8.02. The topological polar surface area (TPSA) is 59.0 Å². The maximum Gasteiger partial charge on any atom is 0.221 e. The van der Waals surface area contributed by atoms with Gasteiger partial charge in [0.05, 0.1) is 6.20 Å². The summed E-state index contributed by atoms with van der Waals surface area (Å²) in [6.07, 6.45) is 1.95. The number of aromatic nitrogens is 2. The third-order valence-corrected chi connectivity index (χ3v) is 3.92. The zero-order chi connectivity index (χ0) is 17.0. The van der Waals surface area contributed by atoms with E-state index in [1.807, 2.05) is 30.5 Å². The molecule has 5 heteroatoms. The highest BCUT2D eigenvalue weighted by atomic mass is 16.1. The SMILES string of the molecule is CC(=O)Nc1ccc(CN[C@@H](C)c2cnn(C(C)C)c2C)cc1. The van der Waals surface area contributed by atoms with E-state index in [0.29, 0.717) is 6.04 Å². The molecular weight excluding hydrogens is 288 g/mol. The molecule has 2 rings (SSSR count). The Labute approximate surface area is 138 Å². The van der Waals surface area contributed by atoms with Gasteiger partial charge < -0.3 is 10.6 Å². The number of rotatable bonds is 6. The molecular formula is C18H26N4O. The van der Waals surface area contributed by atoms with Crippen LogP contribution in [0, 0.1) is 6.92 Å². The van der Waals surface area contributed by atoms with Crippen molar-refractivity contribution in [2.45, 2.75) is 53.2 Å². The van der Waals surface area contributed by atoms with Crippen molar-refractivity contribution in [3.63, 3.8) is 0 Å². The minimum atomic E-state index is -0.0536. The van der Waals surface area contributed by atoms with Gasteiger partial charge in [-0.2, -0.15) is 5.10 Å². The van der Waals surface area contributed by atoms with Crippen LogP contribution in [0.1, 0.15) is 56.6 Å². The van der Waals surface area contributed by atoms with Crippen LogP contribution in [0.4, 0.5) is 5.69 Å². The van der Waals surface area contributed by atoms with Gasteiger partial charge in [0, 0.05) is 42.5 Å². The van der Waals surface area contributed by atoms with Gasteiger partial charge in [0.25, 0.3) is 0 Å². The standard InChI is InChI=1S/C18H26N4O/c1-12(2)22-14(4)18(11-20-22)13(3)19-10-16-6-8-17(9-7-16)21-15(5)23/h6-9,11-13,19H,10H2,1-5H3,(H,21,23)/t13-/m0/s1. The fourth-order valence-electron chi connectivity index (χ4n) is 2.67. The zero-order valence-corrected chi connectivity index (χ0v) is 14.6. The second kappa shape index (κ2) is 7.42. The van der Waals surface area contributed by atoms with E-state index in [1.54, 1.807) is 0 Å². The predicted octanol–water partition coefficient (Wildman–Crippen LogP) is 3.58. The third kappa shape index (κ3) is 4.42. The summed E-state index contributed by atoms with van der Waals surface area (Å²) in [7, 11) is 0. The Morgan fingerprint density at radius 3 is 2.39 bits per heavy atom. The van der Waals surface area contributed by atoms with Crippen LogP contribution in [-0.2, 0) is 11.3 Å². The molecule has 0 aliphatic heterocycles. The Morgan fingerprint density at radius 1 is 1.22 bits per heavy atom. The van der Waals surface area contributed by atoms with Gasteiger partial charge in [0.15, 0.2) is 0 Å². The lowest BCUT2D eigenvalue weighted by Crippen LogP contribution is -2.19. The minimum absolute atomic E-state index is 0.0536. The first kappa shape index (κ1) is 17.2. The molecule has 1 aromatic heterocycles. The molecule has 0 saturated carbocycles. The fourth-order valence-corrected chi connectivity index (χ4v) is 2.67. The van der Waals surface area contributed by atoms with Crippen molar-refractivity contribution >= 4 is 11.6 Å². The number of anilines is 1. The van der Waals surface area contributed by atoms with Gasteiger partial charge in [0.2, 0.25) is 5.91 Å². The smallest absolute Gasteiger partial charge is 0.221 e. The van der Waals surface area contributed by atoms with Crippen molar-refractivity contribution < 1.29 is 4.79 Å². The molecule has 0 spiro atoms. The van der Waals surface area contributed by atoms with Crippen LogP contribution in [0.15, 0.2) is 30.5 Å². The quantitative estimate of drug-likeness (QED) is 0.857. The average Bonchev–Trinajstić information content (AvgIpc) is 2.87. The van der Waals surface area contributed by atoms with E-state index in [0.717, 1.165) is 12.2 Å². The highest BCUT2D eigenvalue weighted by molar-refractivity contribution is 5.88. The van der Waals surface area contributed by atoms with Crippen molar-refractivity contribution in [2.75, 3.05) is 5.32 Å². The molecule has 0 radical (unpaired) electrons. The molecule has 0 fully saturated rings. The van der Waals surface area contributed by atoms with Crippen LogP contribution < -0.4 is 10.6 Å². The third-order valence-electron chi connectivity index (χ3n) is 3.92. The van der Waals surface area contributed by atoms with Crippen LogP contribution in [0.25, 0.3) is 0 Å². The van der Waals surface area contributed by atoms with Crippen LogP contribution in [-0.4, -0.2) is 15.7 Å². The highest BCUT2D eigenvalue weighted by Crippen LogP contribution is 2.20. The van der Waals surface area contributed by atoms with Gasteiger partial charge in [0.1, 0.15) is 0 Å². The fraction of sp³-hybridized carbons (Fsp3) is 0.444. The Bertz CT molecular complexity index is 658. The van der Waals surface area contributed by atoms with E-state index in [4.69, 9.17) is 0 Å². The van der Waals surface area contributed by atoms with E-state index in [-0.39, 0.29) is 11.9 Å². The number of nitrogens with zero attached hydrogens (tertiary/aromatic N) is 2. The lowest BCUT2D eigenvalue weighted by molar-refractivity contribution is -0.114. The number of carbonyl (C=O) groups excluding carboxylic acids is 1. The van der Waals surface area contributed by atoms with Gasteiger partial charge in [-0.3, -0.25) is 9.48 Å². The maximum absolute atomic E-state index is 11.0. The van der Waals surface area contributed by atoms with E-state index < -0.39 is 0 Å². The lowest BCUT2D eigenvalue weighted by Gasteiger charge is -2.15. The van der Waals surface area contributed by atoms with Crippen LogP contribution in [0.2, 0.25) is 0 Å². The molecule has 5 nitrogen and oxygen atoms in total. The maximum atomic E-state index is 11.0. The zero-order valence-electron chi connectivity index (χ0n) is 14.6. The molecule has 2 aromatic rings. The minimum Gasteiger partial charge on any atom is -0.326 e. The second-order valence-corrected chi connectivity index (χ2v) is 6.20. The van der Waals surface area contributed by atoms with E-state index in [1.165, 1.54) is 23.7 Å².